The number of allylic oxidation sites excluding steroid dienone is 34. The van der Waals surface area contributed by atoms with E-state index in [-0.39, 0.29) is 19.3 Å². The van der Waals surface area contributed by atoms with E-state index in [1.54, 1.807) is 0 Å². The number of phosphoric acid groups is 2. The Labute approximate surface area is 673 Å². The summed E-state index contributed by atoms with van der Waals surface area (Å²) in [5.74, 6) is -1.70. The van der Waals surface area contributed by atoms with Crippen molar-refractivity contribution in [3.63, 3.8) is 0 Å². The molecule has 0 bridgehead atoms. The van der Waals surface area contributed by atoms with Gasteiger partial charge in [-0.1, -0.05) is 337 Å². The largest absolute Gasteiger partial charge is 0.472 e. The van der Waals surface area contributed by atoms with Crippen molar-refractivity contribution in [1.29, 1.82) is 0 Å². The van der Waals surface area contributed by atoms with Gasteiger partial charge in [-0.05, 0) is 154 Å². The van der Waals surface area contributed by atoms with Crippen molar-refractivity contribution in [3.8, 4) is 0 Å². The van der Waals surface area contributed by atoms with Crippen molar-refractivity contribution >= 4 is 33.6 Å². The van der Waals surface area contributed by atoms with Crippen molar-refractivity contribution in [3.05, 3.63) is 207 Å². The smallest absolute Gasteiger partial charge is 0.463 e. The Balaban J connectivity index is 4.61. The highest BCUT2D eigenvalue weighted by atomic mass is 31.2. The van der Waals surface area contributed by atoms with Crippen LogP contribution in [0.5, 0.6) is 0 Å². The number of unbranched alkanes of at least 4 members (excludes halogenated alkanes) is 21. The lowest BCUT2D eigenvalue weighted by molar-refractivity contribution is -0.161. The summed E-state index contributed by atoms with van der Waals surface area (Å²) >= 11 is 0. The molecule has 0 rings (SSSR count). The summed E-state index contributed by atoms with van der Waals surface area (Å²) in [5, 5.41) is 20.7. The summed E-state index contributed by atoms with van der Waals surface area (Å²) < 4.78 is 61.2. The van der Waals surface area contributed by atoms with E-state index in [9.17, 15) is 43.5 Å². The van der Waals surface area contributed by atoms with Crippen molar-refractivity contribution < 1.29 is 75.8 Å². The minimum Gasteiger partial charge on any atom is -0.463 e. The number of esters is 3. The third-order valence-corrected chi connectivity index (χ3v) is 18.9. The molecule has 5 unspecified atom stereocenters. The Bertz CT molecular complexity index is 2850. The normalized spacial score (nSPS) is 14.9. The summed E-state index contributed by atoms with van der Waals surface area (Å²) in [4.78, 5) is 58.8. The highest BCUT2D eigenvalue weighted by molar-refractivity contribution is 7.47. The first-order valence-electron chi connectivity index (χ1n) is 42.4. The fraction of sp³-hybridized carbons (Fsp3) is 0.602. The van der Waals surface area contributed by atoms with Gasteiger partial charge in [-0.25, -0.2) is 9.13 Å². The number of carbonyl (C=O) groups excluding carboxylic acids is 3. The van der Waals surface area contributed by atoms with Crippen LogP contribution in [0.1, 0.15) is 303 Å². The van der Waals surface area contributed by atoms with E-state index in [4.69, 9.17) is 32.3 Å². The number of aliphatic hydroxyl groups excluding tert-OH is 2. The first kappa shape index (κ1) is 105. The molecule has 16 nitrogen and oxygen atoms in total. The van der Waals surface area contributed by atoms with Crippen LogP contribution in [0, 0.1) is 0 Å². The molecule has 4 N–H and O–H groups in total. The lowest BCUT2D eigenvalue weighted by Gasteiger charge is -2.21. The number of rotatable bonds is 78. The van der Waals surface area contributed by atoms with Crippen LogP contribution in [0.25, 0.3) is 0 Å². The van der Waals surface area contributed by atoms with Gasteiger partial charge in [0, 0.05) is 19.3 Å². The Morgan fingerprint density at radius 2 is 0.468 bits per heavy atom. The van der Waals surface area contributed by atoms with Gasteiger partial charge in [0.05, 0.1) is 26.4 Å². The van der Waals surface area contributed by atoms with Gasteiger partial charge in [-0.15, -0.1) is 0 Å². The molecular weight excluding hydrogens is 1430 g/mol. The molecule has 0 radical (unpaired) electrons. The van der Waals surface area contributed by atoms with Gasteiger partial charge in [0.2, 0.25) is 0 Å². The molecule has 0 aromatic heterocycles. The molecule has 0 aliphatic carbocycles. The minimum absolute atomic E-state index is 0.0309. The standard InChI is InChI=1S/C93H150O16P2/c1-4-7-10-13-16-19-22-25-28-31-34-36-38-39-40-41-42-43-44-45-46-47-49-51-53-55-58-61-64-67-70-73-76-79-91(96)103-82-88(94)83-105-110(99,100)106-84-89(95)85-107-111(101,102)108-87-90(109-93(98)81-78-75-72-69-66-63-60-57-52-33-30-27-24-21-18-15-12-9-6-3)86-104-92(97)80-77-74-71-68-65-62-59-56-54-50-48-37-35-32-29-26-23-20-17-14-11-8-5-2/h7-12,16-21,25-30,34-37,39-40,42-43,50,52,54,57,63,66,72,75,88-90,94-95H,4-6,13-15,22-24,31-33,38,41,44-49,51,53,55-56,58-62,64-65,67-71,73-74,76-87H2,1-3H3,(H,99,100)(H,101,102)/b10-7-,11-8-,12-9-,19-16-,20-17-,21-18-,28-25-,29-26-,30-27-,36-34-,37-35-,40-39-,43-42-,54-50-,57-52-,66-63-,75-72-. The molecule has 18 heteroatoms. The Hall–Kier alpha value is -5.87. The molecule has 0 spiro atoms. The molecule has 0 aliphatic heterocycles. The van der Waals surface area contributed by atoms with Crippen LogP contribution in [0.15, 0.2) is 207 Å². The zero-order valence-corrected chi connectivity index (χ0v) is 70.6. The van der Waals surface area contributed by atoms with E-state index in [1.807, 2.05) is 18.2 Å². The maximum Gasteiger partial charge on any atom is 0.472 e. The maximum atomic E-state index is 13.0. The molecule has 0 aliphatic rings. The topological polar surface area (TPSA) is 231 Å². The summed E-state index contributed by atoms with van der Waals surface area (Å²) in [6.07, 6.45) is 112. The minimum atomic E-state index is -4.97. The predicted molar refractivity (Wildman–Crippen MR) is 463 cm³/mol. The van der Waals surface area contributed by atoms with Gasteiger partial charge in [0.15, 0.2) is 6.10 Å². The molecule has 111 heavy (non-hydrogen) atoms. The quantitative estimate of drug-likeness (QED) is 0.0146. The average molecular weight is 1590 g/mol. The molecule has 0 fully saturated rings. The molecule has 0 saturated heterocycles. The van der Waals surface area contributed by atoms with Crippen LogP contribution in [-0.2, 0) is 55.8 Å². The summed E-state index contributed by atoms with van der Waals surface area (Å²) in [7, 11) is -9.84. The number of carbonyl (C=O) groups is 3. The second-order valence-electron chi connectivity index (χ2n) is 27.5. The fourth-order valence-electron chi connectivity index (χ4n) is 10.7. The van der Waals surface area contributed by atoms with Crippen LogP contribution in [0.3, 0.4) is 0 Å². The molecule has 0 aromatic rings. The van der Waals surface area contributed by atoms with E-state index >= 15 is 0 Å². The Morgan fingerprint density at radius 1 is 0.252 bits per heavy atom. The zero-order chi connectivity index (χ0) is 80.8. The molecule has 0 aromatic carbocycles. The number of phosphoric ester groups is 2. The second-order valence-corrected chi connectivity index (χ2v) is 30.4. The van der Waals surface area contributed by atoms with Gasteiger partial charge in [-0.3, -0.25) is 32.5 Å². The van der Waals surface area contributed by atoms with E-state index in [0.717, 1.165) is 173 Å². The molecule has 0 amide bonds. The number of ether oxygens (including phenoxy) is 3. The number of hydrogen-bond donors (Lipinski definition) is 4. The van der Waals surface area contributed by atoms with Gasteiger partial charge < -0.3 is 34.2 Å². The Kier molecular flexibility index (Phi) is 79.1. The van der Waals surface area contributed by atoms with Crippen LogP contribution in [-0.4, -0.2) is 95.9 Å². The highest BCUT2D eigenvalue weighted by Gasteiger charge is 2.29. The molecular formula is C93H150O16P2. The van der Waals surface area contributed by atoms with Crippen LogP contribution in [0.4, 0.5) is 0 Å². The molecule has 5 atom stereocenters. The summed E-state index contributed by atoms with van der Waals surface area (Å²) in [6, 6.07) is 0. The zero-order valence-electron chi connectivity index (χ0n) is 68.8. The van der Waals surface area contributed by atoms with Crippen LogP contribution < -0.4 is 0 Å². The third-order valence-electron chi connectivity index (χ3n) is 17.0. The monoisotopic (exact) mass is 1590 g/mol. The van der Waals surface area contributed by atoms with Crippen molar-refractivity contribution in [2.24, 2.45) is 0 Å². The van der Waals surface area contributed by atoms with Gasteiger partial charge in [0.25, 0.3) is 0 Å². The SMILES string of the molecule is CC/C=C\C/C=C\C/C=C\C/C=C\C/C=C\C/C=C\CCCCCCCCCCCCCCCCC(=O)OCC(O)COP(=O)(O)OCC(O)COP(=O)(O)OCC(COC(=O)CCCCCCCCC/C=C\C/C=C\C/C=C\C/C=C\C/C=C\CC)OC(=O)CC/C=C\C/C=C\C/C=C\C/C=C\C/C=C\C/C=C\CC. The fourth-order valence-corrected chi connectivity index (χ4v) is 12.3. The third kappa shape index (κ3) is 84.9. The van der Waals surface area contributed by atoms with Gasteiger partial charge >= 0.3 is 33.6 Å². The second kappa shape index (κ2) is 83.6. The van der Waals surface area contributed by atoms with Gasteiger partial charge in [-0.2, -0.15) is 0 Å². The lowest BCUT2D eigenvalue weighted by atomic mass is 10.0. The summed E-state index contributed by atoms with van der Waals surface area (Å²) in [6.45, 7) is 2.23. The van der Waals surface area contributed by atoms with Crippen molar-refractivity contribution in [1.82, 2.24) is 0 Å². The van der Waals surface area contributed by atoms with E-state index in [2.05, 4.69) is 209 Å². The predicted octanol–water partition coefficient (Wildman–Crippen LogP) is 25.7. The summed E-state index contributed by atoms with van der Waals surface area (Å²) in [5.41, 5.74) is 0. The van der Waals surface area contributed by atoms with E-state index < -0.39 is 91.5 Å². The van der Waals surface area contributed by atoms with Crippen LogP contribution in [0.2, 0.25) is 0 Å². The molecule has 628 valence electrons. The van der Waals surface area contributed by atoms with Crippen molar-refractivity contribution in [2.45, 2.75) is 322 Å². The molecule has 0 saturated carbocycles. The van der Waals surface area contributed by atoms with Gasteiger partial charge in [0.1, 0.15) is 25.4 Å². The van der Waals surface area contributed by atoms with Crippen LogP contribution >= 0.6 is 15.6 Å². The van der Waals surface area contributed by atoms with Crippen molar-refractivity contribution in [2.75, 3.05) is 39.6 Å². The number of aliphatic hydroxyl groups is 2. The maximum absolute atomic E-state index is 13.0. The van der Waals surface area contributed by atoms with E-state index in [0.29, 0.717) is 25.7 Å². The lowest BCUT2D eigenvalue weighted by Crippen LogP contribution is -2.29. The van der Waals surface area contributed by atoms with E-state index in [1.165, 1.54) is 64.2 Å². The average Bonchev–Trinajstić information content (AvgIpc) is 0.900. The first-order chi connectivity index (χ1) is 54.2. The Morgan fingerprint density at radius 3 is 0.748 bits per heavy atom. The first-order valence-corrected chi connectivity index (χ1v) is 45.4. The molecule has 0 heterocycles. The highest BCUT2D eigenvalue weighted by Crippen LogP contribution is 2.45. The number of hydrogen-bond acceptors (Lipinski definition) is 14.